The van der Waals surface area contributed by atoms with E-state index in [0.717, 1.165) is 43.0 Å². The van der Waals surface area contributed by atoms with Crippen LogP contribution in [0.25, 0.3) is 0 Å². The normalized spacial score (nSPS) is 24.1. The summed E-state index contributed by atoms with van der Waals surface area (Å²) in [6.07, 6.45) is 1.72. The molecule has 0 radical (unpaired) electrons. The van der Waals surface area contributed by atoms with Gasteiger partial charge in [0, 0.05) is 49.9 Å². The Hall–Kier alpha value is -1.53. The quantitative estimate of drug-likeness (QED) is 0.854. The number of rotatable bonds is 4. The van der Waals surface area contributed by atoms with E-state index in [-0.39, 0.29) is 0 Å². The van der Waals surface area contributed by atoms with Gasteiger partial charge in [-0.05, 0) is 24.7 Å². The van der Waals surface area contributed by atoms with Crippen molar-refractivity contribution in [2.24, 2.45) is 11.8 Å². The second-order valence-corrected chi connectivity index (χ2v) is 8.50. The second kappa shape index (κ2) is 6.41. The predicted octanol–water partition coefficient (Wildman–Crippen LogP) is 2.93. The molecule has 0 bridgehead atoms. The van der Waals surface area contributed by atoms with E-state index in [1.165, 1.54) is 23.8 Å². The topological polar surface area (TPSA) is 45.2 Å². The molecular weight excluding hydrogens is 318 g/mol. The van der Waals surface area contributed by atoms with Gasteiger partial charge in [-0.3, -0.25) is 4.90 Å². The number of aromatic nitrogens is 3. The molecule has 2 saturated heterocycles. The van der Waals surface area contributed by atoms with Gasteiger partial charge in [0.2, 0.25) is 0 Å². The van der Waals surface area contributed by atoms with Gasteiger partial charge >= 0.3 is 0 Å². The minimum absolute atomic E-state index is 0.450. The van der Waals surface area contributed by atoms with Crippen LogP contribution in [0, 0.1) is 18.8 Å². The van der Waals surface area contributed by atoms with Crippen molar-refractivity contribution in [3.05, 3.63) is 34.2 Å². The van der Waals surface area contributed by atoms with E-state index in [2.05, 4.69) is 57.0 Å². The average Bonchev–Trinajstić information content (AvgIpc) is 3.22. The first-order valence-electron chi connectivity index (χ1n) is 8.78. The Morgan fingerprint density at radius 3 is 2.54 bits per heavy atom. The van der Waals surface area contributed by atoms with Crippen molar-refractivity contribution in [1.82, 2.24) is 19.9 Å². The van der Waals surface area contributed by atoms with Crippen LogP contribution >= 0.6 is 11.3 Å². The Balaban J connectivity index is 1.38. The number of thiazole rings is 1. The lowest BCUT2D eigenvalue weighted by atomic mass is 10.0. The van der Waals surface area contributed by atoms with Crippen LogP contribution in [0.1, 0.15) is 36.2 Å². The first-order chi connectivity index (χ1) is 11.6. The maximum Gasteiger partial charge on any atom is 0.132 e. The van der Waals surface area contributed by atoms with E-state index in [4.69, 9.17) is 0 Å². The molecule has 4 rings (SSSR count). The fourth-order valence-electron chi connectivity index (χ4n) is 3.97. The number of nitrogens with zero attached hydrogens (tertiary/aromatic N) is 5. The molecule has 128 valence electrons. The molecular formula is C18H25N5S. The molecule has 0 spiro atoms. The van der Waals surface area contributed by atoms with Crippen LogP contribution in [0.5, 0.6) is 0 Å². The third-order valence-electron chi connectivity index (χ3n) is 5.20. The molecule has 0 saturated carbocycles. The molecule has 2 aliphatic heterocycles. The van der Waals surface area contributed by atoms with Crippen LogP contribution in [-0.4, -0.2) is 46.0 Å². The Bertz CT molecular complexity index is 699. The molecule has 0 aliphatic carbocycles. The van der Waals surface area contributed by atoms with Crippen molar-refractivity contribution in [3.63, 3.8) is 0 Å². The van der Waals surface area contributed by atoms with Crippen molar-refractivity contribution in [2.75, 3.05) is 31.1 Å². The Kier molecular flexibility index (Phi) is 4.26. The van der Waals surface area contributed by atoms with E-state index < -0.39 is 0 Å². The molecule has 2 aromatic heterocycles. The minimum Gasteiger partial charge on any atom is -0.356 e. The van der Waals surface area contributed by atoms with Crippen molar-refractivity contribution in [3.8, 4) is 0 Å². The van der Waals surface area contributed by atoms with Gasteiger partial charge in [-0.2, -0.15) is 0 Å². The van der Waals surface area contributed by atoms with Crippen LogP contribution in [0.2, 0.25) is 0 Å². The first kappa shape index (κ1) is 16.0. The number of hydrogen-bond acceptors (Lipinski definition) is 6. The summed E-state index contributed by atoms with van der Waals surface area (Å²) in [5, 5.41) is 3.37. The number of fused-ring (bicyclic) bond motifs is 1. The summed E-state index contributed by atoms with van der Waals surface area (Å²) in [6.45, 7) is 12.0. The summed E-state index contributed by atoms with van der Waals surface area (Å²) in [7, 11) is 0. The van der Waals surface area contributed by atoms with Gasteiger partial charge in [-0.15, -0.1) is 11.3 Å². The molecule has 0 amide bonds. The maximum absolute atomic E-state index is 4.61. The largest absolute Gasteiger partial charge is 0.356 e. The fourth-order valence-corrected chi connectivity index (χ4v) is 4.57. The van der Waals surface area contributed by atoms with Crippen LogP contribution in [0.15, 0.2) is 17.8 Å². The van der Waals surface area contributed by atoms with Gasteiger partial charge in [0.1, 0.15) is 12.1 Å². The molecule has 2 unspecified atom stereocenters. The molecule has 6 heteroatoms. The van der Waals surface area contributed by atoms with E-state index in [1.54, 1.807) is 17.7 Å². The van der Waals surface area contributed by atoms with Gasteiger partial charge in [0.05, 0.1) is 10.7 Å². The van der Waals surface area contributed by atoms with Crippen LogP contribution in [0.3, 0.4) is 0 Å². The summed E-state index contributed by atoms with van der Waals surface area (Å²) in [5.74, 6) is 3.06. The Labute approximate surface area is 147 Å². The summed E-state index contributed by atoms with van der Waals surface area (Å²) in [4.78, 5) is 18.5. The van der Waals surface area contributed by atoms with E-state index in [0.29, 0.717) is 5.92 Å². The molecule has 5 nitrogen and oxygen atoms in total. The van der Waals surface area contributed by atoms with Gasteiger partial charge in [0.25, 0.3) is 0 Å². The van der Waals surface area contributed by atoms with Crippen molar-refractivity contribution < 1.29 is 0 Å². The highest BCUT2D eigenvalue weighted by molar-refractivity contribution is 7.09. The highest BCUT2D eigenvalue weighted by Crippen LogP contribution is 2.34. The summed E-state index contributed by atoms with van der Waals surface area (Å²) < 4.78 is 0. The molecule has 4 heterocycles. The highest BCUT2D eigenvalue weighted by Gasteiger charge is 2.40. The van der Waals surface area contributed by atoms with Gasteiger partial charge in [-0.25, -0.2) is 15.0 Å². The van der Waals surface area contributed by atoms with Crippen molar-refractivity contribution >= 4 is 17.2 Å². The van der Waals surface area contributed by atoms with Crippen molar-refractivity contribution in [1.29, 1.82) is 0 Å². The van der Waals surface area contributed by atoms with Crippen LogP contribution in [-0.2, 0) is 6.54 Å². The average molecular weight is 344 g/mol. The zero-order chi connectivity index (χ0) is 16.7. The first-order valence-corrected chi connectivity index (χ1v) is 9.66. The van der Waals surface area contributed by atoms with Crippen molar-refractivity contribution in [2.45, 2.75) is 33.2 Å². The van der Waals surface area contributed by atoms with Crippen LogP contribution in [0.4, 0.5) is 5.82 Å². The molecule has 24 heavy (non-hydrogen) atoms. The monoisotopic (exact) mass is 343 g/mol. The minimum atomic E-state index is 0.450. The summed E-state index contributed by atoms with van der Waals surface area (Å²) in [5.41, 5.74) is 2.37. The molecule has 0 aromatic carbocycles. The zero-order valence-corrected chi connectivity index (χ0v) is 15.5. The lowest BCUT2D eigenvalue weighted by Gasteiger charge is -2.22. The lowest BCUT2D eigenvalue weighted by Crippen LogP contribution is -2.29. The number of hydrogen-bond donors (Lipinski definition) is 0. The predicted molar refractivity (Wildman–Crippen MR) is 97.4 cm³/mol. The SMILES string of the molecule is Cc1nc(CN2CC3CN(c4cc(C(C)C)ncn4)CC3C2)cs1. The Morgan fingerprint density at radius 2 is 1.92 bits per heavy atom. The third kappa shape index (κ3) is 3.17. The Morgan fingerprint density at radius 1 is 1.17 bits per heavy atom. The highest BCUT2D eigenvalue weighted by atomic mass is 32.1. The standard InChI is InChI=1S/C18H25N5S/c1-12(2)17-4-18(20-11-19-17)23-7-14-5-22(6-15(14)8-23)9-16-10-24-13(3)21-16/h4,10-12,14-15H,5-9H2,1-3H3. The van der Waals surface area contributed by atoms with Gasteiger partial charge in [-0.1, -0.05) is 13.8 Å². The molecule has 2 aromatic rings. The number of aryl methyl sites for hydroxylation is 1. The third-order valence-corrected chi connectivity index (χ3v) is 6.03. The molecule has 0 N–H and O–H groups in total. The molecule has 2 aliphatic rings. The van der Waals surface area contributed by atoms with Gasteiger partial charge in [0.15, 0.2) is 0 Å². The lowest BCUT2D eigenvalue weighted by molar-refractivity contribution is 0.305. The number of likely N-dealkylation sites (tertiary alicyclic amines) is 1. The zero-order valence-electron chi connectivity index (χ0n) is 14.6. The fraction of sp³-hybridized carbons (Fsp3) is 0.611. The van der Waals surface area contributed by atoms with Gasteiger partial charge < -0.3 is 4.90 Å². The summed E-state index contributed by atoms with van der Waals surface area (Å²) >= 11 is 1.75. The molecule has 2 fully saturated rings. The molecule has 2 atom stereocenters. The van der Waals surface area contributed by atoms with E-state index >= 15 is 0 Å². The van der Waals surface area contributed by atoms with E-state index in [1.807, 2.05) is 0 Å². The second-order valence-electron chi connectivity index (χ2n) is 7.43. The maximum atomic E-state index is 4.61. The number of anilines is 1. The summed E-state index contributed by atoms with van der Waals surface area (Å²) in [6, 6.07) is 2.17. The smallest absolute Gasteiger partial charge is 0.132 e. The van der Waals surface area contributed by atoms with Crippen LogP contribution < -0.4 is 4.90 Å². The van der Waals surface area contributed by atoms with E-state index in [9.17, 15) is 0 Å².